The van der Waals surface area contributed by atoms with Crippen LogP contribution in [0.4, 0.5) is 0 Å². The van der Waals surface area contributed by atoms with Crippen molar-refractivity contribution in [3.8, 4) is 0 Å². The summed E-state index contributed by atoms with van der Waals surface area (Å²) in [5.74, 6) is -2.39. The molecule has 0 spiro atoms. The zero-order valence-electron chi connectivity index (χ0n) is 11.3. The molecular weight excluding hydrogens is 248 g/mol. The highest BCUT2D eigenvalue weighted by molar-refractivity contribution is 6.03. The third kappa shape index (κ3) is 4.06. The fourth-order valence-corrected chi connectivity index (χ4v) is 1.73. The molecule has 0 saturated carbocycles. The molecule has 5 nitrogen and oxygen atoms in total. The van der Waals surface area contributed by atoms with E-state index in [4.69, 9.17) is 14.9 Å². The molecule has 0 aromatic heterocycles. The van der Waals surface area contributed by atoms with Crippen molar-refractivity contribution in [1.29, 1.82) is 0 Å². The van der Waals surface area contributed by atoms with Crippen LogP contribution in [0.5, 0.6) is 0 Å². The van der Waals surface area contributed by atoms with Crippen molar-refractivity contribution in [3.05, 3.63) is 34.4 Å². The summed E-state index contributed by atoms with van der Waals surface area (Å²) >= 11 is 0. The van der Waals surface area contributed by atoms with Gasteiger partial charge >= 0.3 is 11.9 Å². The van der Waals surface area contributed by atoms with Crippen LogP contribution >= 0.6 is 0 Å². The molecule has 1 fully saturated rings. The molecule has 2 N–H and O–H groups in total. The molecule has 0 aliphatic carbocycles. The molecule has 1 unspecified atom stereocenters. The highest BCUT2D eigenvalue weighted by atomic mass is 16.6. The number of aromatic carboxylic acids is 2. The van der Waals surface area contributed by atoms with Crippen LogP contribution in [0.2, 0.25) is 0 Å². The van der Waals surface area contributed by atoms with Crippen LogP contribution in [0, 0.1) is 6.92 Å². The van der Waals surface area contributed by atoms with Crippen LogP contribution in [0.3, 0.4) is 0 Å². The minimum absolute atomic E-state index is 0.0926. The molecule has 19 heavy (non-hydrogen) atoms. The second kappa shape index (κ2) is 6.33. The average Bonchev–Trinajstić information content (AvgIpc) is 3.11. The second-order valence-electron chi connectivity index (χ2n) is 4.39. The lowest BCUT2D eigenvalue weighted by Crippen LogP contribution is -2.12. The number of hydrogen-bond acceptors (Lipinski definition) is 3. The van der Waals surface area contributed by atoms with E-state index in [1.165, 1.54) is 6.07 Å². The summed E-state index contributed by atoms with van der Waals surface area (Å²) in [5, 5.41) is 17.8. The first-order chi connectivity index (χ1) is 8.88. The fraction of sp³-hybridized carbons (Fsp3) is 0.429. The van der Waals surface area contributed by atoms with Gasteiger partial charge in [0.2, 0.25) is 0 Å². The second-order valence-corrected chi connectivity index (χ2v) is 4.39. The SMILES string of the molecule is CC1CO1.CCc1c(C)ccc(C(=O)O)c1C(=O)O. The number of rotatable bonds is 3. The van der Waals surface area contributed by atoms with Gasteiger partial charge in [-0.25, -0.2) is 9.59 Å². The van der Waals surface area contributed by atoms with Gasteiger partial charge < -0.3 is 14.9 Å². The van der Waals surface area contributed by atoms with Crippen LogP contribution < -0.4 is 0 Å². The third-order valence-corrected chi connectivity index (χ3v) is 2.84. The van der Waals surface area contributed by atoms with Crippen LogP contribution in [0.15, 0.2) is 12.1 Å². The molecule has 0 radical (unpaired) electrons. The Kier molecular flexibility index (Phi) is 5.06. The topological polar surface area (TPSA) is 87.1 Å². The number of hydrogen-bond donors (Lipinski definition) is 2. The first kappa shape index (κ1) is 15.2. The lowest BCUT2D eigenvalue weighted by Gasteiger charge is -2.10. The number of ether oxygens (including phenoxy) is 1. The summed E-state index contributed by atoms with van der Waals surface area (Å²) in [5.41, 5.74) is 1.15. The summed E-state index contributed by atoms with van der Waals surface area (Å²) in [7, 11) is 0. The number of carboxylic acids is 2. The summed E-state index contributed by atoms with van der Waals surface area (Å²) in [6.07, 6.45) is 1.09. The molecule has 104 valence electrons. The van der Waals surface area contributed by atoms with Crippen molar-refractivity contribution in [2.24, 2.45) is 0 Å². The van der Waals surface area contributed by atoms with E-state index in [2.05, 4.69) is 6.92 Å². The van der Waals surface area contributed by atoms with Crippen molar-refractivity contribution in [1.82, 2.24) is 0 Å². The van der Waals surface area contributed by atoms with Crippen LogP contribution in [0.25, 0.3) is 0 Å². The molecule has 2 rings (SSSR count). The predicted octanol–water partition coefficient (Wildman–Crippen LogP) is 2.36. The van der Waals surface area contributed by atoms with Crippen molar-refractivity contribution in [3.63, 3.8) is 0 Å². The normalized spacial score (nSPS) is 16.3. The summed E-state index contributed by atoms with van der Waals surface area (Å²) in [6, 6.07) is 2.97. The van der Waals surface area contributed by atoms with Crippen LogP contribution in [-0.4, -0.2) is 34.9 Å². The van der Waals surface area contributed by atoms with Gasteiger partial charge in [0.05, 0.1) is 23.8 Å². The molecule has 0 amide bonds. The van der Waals surface area contributed by atoms with Crippen molar-refractivity contribution < 1.29 is 24.5 Å². The lowest BCUT2D eigenvalue weighted by atomic mass is 9.95. The molecule has 1 aromatic carbocycles. The van der Waals surface area contributed by atoms with Gasteiger partial charge in [-0.1, -0.05) is 13.0 Å². The van der Waals surface area contributed by atoms with Gasteiger partial charge in [0.15, 0.2) is 0 Å². The maximum Gasteiger partial charge on any atom is 0.336 e. The zero-order chi connectivity index (χ0) is 14.6. The monoisotopic (exact) mass is 266 g/mol. The van der Waals surface area contributed by atoms with Crippen molar-refractivity contribution in [2.75, 3.05) is 6.61 Å². The Hall–Kier alpha value is -1.88. The van der Waals surface area contributed by atoms with Gasteiger partial charge in [0.1, 0.15) is 0 Å². The Morgan fingerprint density at radius 2 is 1.84 bits per heavy atom. The van der Waals surface area contributed by atoms with E-state index in [1.54, 1.807) is 19.9 Å². The average molecular weight is 266 g/mol. The number of carbonyl (C=O) groups is 2. The fourth-order valence-electron chi connectivity index (χ4n) is 1.73. The van der Waals surface area contributed by atoms with E-state index in [1.807, 2.05) is 0 Å². The molecule has 5 heteroatoms. The number of benzene rings is 1. The predicted molar refractivity (Wildman–Crippen MR) is 69.9 cm³/mol. The maximum absolute atomic E-state index is 11.0. The van der Waals surface area contributed by atoms with E-state index in [-0.39, 0.29) is 11.1 Å². The standard InChI is InChI=1S/C11H12O4.C3H6O/c1-3-7-6(2)4-5-8(10(12)13)9(7)11(14)15;1-3-2-4-3/h4-5H,3H2,1-2H3,(H,12,13)(H,14,15);3H,2H2,1H3. The Labute approximate surface area is 111 Å². The first-order valence-electron chi connectivity index (χ1n) is 6.09. The molecule has 1 aliphatic heterocycles. The van der Waals surface area contributed by atoms with Gasteiger partial charge in [-0.15, -0.1) is 0 Å². The number of epoxide rings is 1. The van der Waals surface area contributed by atoms with Crippen molar-refractivity contribution in [2.45, 2.75) is 33.3 Å². The largest absolute Gasteiger partial charge is 0.478 e. The van der Waals surface area contributed by atoms with Gasteiger partial charge in [-0.3, -0.25) is 0 Å². The Bertz CT molecular complexity index is 489. The minimum Gasteiger partial charge on any atom is -0.478 e. The van der Waals surface area contributed by atoms with E-state index in [0.717, 1.165) is 12.2 Å². The maximum atomic E-state index is 11.0. The molecule has 1 aromatic rings. The molecule has 1 atom stereocenters. The lowest BCUT2D eigenvalue weighted by molar-refractivity contribution is 0.0650. The summed E-state index contributed by atoms with van der Waals surface area (Å²) in [6.45, 7) is 6.62. The summed E-state index contributed by atoms with van der Waals surface area (Å²) < 4.78 is 4.71. The van der Waals surface area contributed by atoms with Gasteiger partial charge in [0.25, 0.3) is 0 Å². The molecule has 0 bridgehead atoms. The highest BCUT2D eigenvalue weighted by Gasteiger charge is 2.20. The smallest absolute Gasteiger partial charge is 0.336 e. The molecule has 1 heterocycles. The quantitative estimate of drug-likeness (QED) is 0.820. The Morgan fingerprint density at radius 3 is 2.16 bits per heavy atom. The minimum atomic E-state index is -1.21. The zero-order valence-corrected chi connectivity index (χ0v) is 11.3. The van der Waals surface area contributed by atoms with Crippen molar-refractivity contribution >= 4 is 11.9 Å². The van der Waals surface area contributed by atoms with Crippen LogP contribution in [-0.2, 0) is 11.2 Å². The van der Waals surface area contributed by atoms with Gasteiger partial charge in [-0.05, 0) is 37.5 Å². The van der Waals surface area contributed by atoms with E-state index >= 15 is 0 Å². The van der Waals surface area contributed by atoms with Gasteiger partial charge in [0, 0.05) is 0 Å². The van der Waals surface area contributed by atoms with Gasteiger partial charge in [-0.2, -0.15) is 0 Å². The van der Waals surface area contributed by atoms with E-state index < -0.39 is 11.9 Å². The Morgan fingerprint density at radius 1 is 1.32 bits per heavy atom. The van der Waals surface area contributed by atoms with E-state index in [9.17, 15) is 9.59 Å². The number of carboxylic acid groups (broad SMARTS) is 2. The van der Waals surface area contributed by atoms with E-state index in [0.29, 0.717) is 18.1 Å². The third-order valence-electron chi connectivity index (χ3n) is 2.84. The molecular formula is C14H18O5. The number of aryl methyl sites for hydroxylation is 1. The first-order valence-corrected chi connectivity index (χ1v) is 6.09. The molecule has 1 aliphatic rings. The van der Waals surface area contributed by atoms with Crippen LogP contribution in [0.1, 0.15) is 45.7 Å². The summed E-state index contributed by atoms with van der Waals surface area (Å²) in [4.78, 5) is 21.8. The Balaban J connectivity index is 0.000000382. The molecule has 1 saturated heterocycles. The highest BCUT2D eigenvalue weighted by Crippen LogP contribution is 2.20.